The van der Waals surface area contributed by atoms with E-state index in [0.717, 1.165) is 18.7 Å². The summed E-state index contributed by atoms with van der Waals surface area (Å²) in [5, 5.41) is 2.89. The fraction of sp³-hybridized carbons (Fsp3) is 0.348. The molecule has 31 heavy (non-hydrogen) atoms. The molecule has 0 unspecified atom stereocenters. The standard InChI is InChI=1S/C23H23N3O5/c27-21-2-1-9-25(21)17-5-3-16(4-6-17)24-23(29)15-12-22(28)26(14-15)18-7-8-19-20(13-18)31-11-10-30-19/h3-8,13,15H,1-2,9-12,14H2,(H,24,29)/t15-/m0/s1. The van der Waals surface area contributed by atoms with Gasteiger partial charge in [-0.3, -0.25) is 14.4 Å². The van der Waals surface area contributed by atoms with Crippen LogP contribution in [0.5, 0.6) is 11.5 Å². The Morgan fingerprint density at radius 3 is 2.39 bits per heavy atom. The zero-order valence-corrected chi connectivity index (χ0v) is 17.0. The summed E-state index contributed by atoms with van der Waals surface area (Å²) < 4.78 is 11.1. The third kappa shape index (κ3) is 3.81. The molecule has 3 heterocycles. The Balaban J connectivity index is 1.23. The van der Waals surface area contributed by atoms with Gasteiger partial charge in [0.15, 0.2) is 11.5 Å². The number of carbonyl (C=O) groups is 3. The van der Waals surface area contributed by atoms with E-state index in [1.54, 1.807) is 34.1 Å². The van der Waals surface area contributed by atoms with E-state index < -0.39 is 5.92 Å². The minimum atomic E-state index is -0.444. The van der Waals surface area contributed by atoms with Crippen LogP contribution in [-0.2, 0) is 14.4 Å². The number of hydrogen-bond donors (Lipinski definition) is 1. The Morgan fingerprint density at radius 1 is 0.903 bits per heavy atom. The molecule has 2 aromatic carbocycles. The Morgan fingerprint density at radius 2 is 1.65 bits per heavy atom. The third-order valence-corrected chi connectivity index (χ3v) is 5.85. The molecule has 0 saturated carbocycles. The number of amides is 3. The van der Waals surface area contributed by atoms with E-state index >= 15 is 0 Å². The lowest BCUT2D eigenvalue weighted by atomic mass is 10.1. The number of nitrogens with zero attached hydrogens (tertiary/aromatic N) is 2. The van der Waals surface area contributed by atoms with Gasteiger partial charge in [-0.15, -0.1) is 0 Å². The average molecular weight is 421 g/mol. The molecule has 2 aromatic rings. The number of anilines is 3. The molecule has 1 N–H and O–H groups in total. The predicted molar refractivity (Wildman–Crippen MR) is 115 cm³/mol. The molecule has 3 amide bonds. The first-order valence-corrected chi connectivity index (χ1v) is 10.5. The molecule has 3 aliphatic rings. The monoisotopic (exact) mass is 421 g/mol. The highest BCUT2D eigenvalue weighted by Crippen LogP contribution is 2.36. The van der Waals surface area contributed by atoms with Crippen LogP contribution in [0.15, 0.2) is 42.5 Å². The van der Waals surface area contributed by atoms with Gasteiger partial charge in [0, 0.05) is 49.1 Å². The smallest absolute Gasteiger partial charge is 0.229 e. The first kappa shape index (κ1) is 19.4. The number of nitrogens with one attached hydrogen (secondary N) is 1. The van der Waals surface area contributed by atoms with Gasteiger partial charge in [-0.05, 0) is 42.8 Å². The van der Waals surface area contributed by atoms with Crippen LogP contribution in [0, 0.1) is 5.92 Å². The summed E-state index contributed by atoms with van der Waals surface area (Å²) in [4.78, 5) is 40.6. The third-order valence-electron chi connectivity index (χ3n) is 5.85. The highest BCUT2D eigenvalue weighted by atomic mass is 16.6. The zero-order valence-electron chi connectivity index (χ0n) is 17.0. The first-order chi connectivity index (χ1) is 15.1. The Hall–Kier alpha value is -3.55. The maximum absolute atomic E-state index is 12.8. The summed E-state index contributed by atoms with van der Waals surface area (Å²) in [5.41, 5.74) is 2.18. The lowest BCUT2D eigenvalue weighted by Crippen LogP contribution is -2.28. The average Bonchev–Trinajstić information content (AvgIpc) is 3.39. The van der Waals surface area contributed by atoms with Crippen molar-refractivity contribution in [2.24, 2.45) is 5.92 Å². The Kier molecular flexibility index (Phi) is 4.97. The largest absolute Gasteiger partial charge is 0.486 e. The molecule has 1 atom stereocenters. The molecule has 2 saturated heterocycles. The van der Waals surface area contributed by atoms with E-state index in [4.69, 9.17) is 9.47 Å². The van der Waals surface area contributed by atoms with Crippen molar-refractivity contribution in [2.45, 2.75) is 19.3 Å². The summed E-state index contributed by atoms with van der Waals surface area (Å²) >= 11 is 0. The minimum Gasteiger partial charge on any atom is -0.486 e. The van der Waals surface area contributed by atoms with Gasteiger partial charge in [0.1, 0.15) is 13.2 Å². The summed E-state index contributed by atoms with van der Waals surface area (Å²) in [5.74, 6) is 0.662. The van der Waals surface area contributed by atoms with Crippen LogP contribution in [0.4, 0.5) is 17.1 Å². The van der Waals surface area contributed by atoms with Gasteiger partial charge in [0.25, 0.3) is 0 Å². The zero-order chi connectivity index (χ0) is 21.4. The second kappa shape index (κ2) is 7.94. The second-order valence-electron chi connectivity index (χ2n) is 7.92. The molecule has 0 aliphatic carbocycles. The van der Waals surface area contributed by atoms with E-state index in [1.165, 1.54) is 0 Å². The summed E-state index contributed by atoms with van der Waals surface area (Å²) in [6.07, 6.45) is 1.60. The molecule has 0 spiro atoms. The van der Waals surface area contributed by atoms with Gasteiger partial charge in [-0.25, -0.2) is 0 Å². The van der Waals surface area contributed by atoms with Crippen molar-refractivity contribution in [2.75, 3.05) is 41.4 Å². The van der Waals surface area contributed by atoms with Crippen molar-refractivity contribution >= 4 is 34.8 Å². The Labute approximate surface area is 179 Å². The van der Waals surface area contributed by atoms with Gasteiger partial charge in [0.05, 0.1) is 5.92 Å². The van der Waals surface area contributed by atoms with Crippen LogP contribution >= 0.6 is 0 Å². The highest BCUT2D eigenvalue weighted by molar-refractivity contribution is 6.04. The van der Waals surface area contributed by atoms with Crippen LogP contribution in [0.2, 0.25) is 0 Å². The molecule has 0 radical (unpaired) electrons. The fourth-order valence-corrected chi connectivity index (χ4v) is 4.22. The fourth-order valence-electron chi connectivity index (χ4n) is 4.22. The number of carbonyl (C=O) groups excluding carboxylic acids is 3. The van der Waals surface area contributed by atoms with Crippen molar-refractivity contribution in [1.29, 1.82) is 0 Å². The van der Waals surface area contributed by atoms with Gasteiger partial charge < -0.3 is 24.6 Å². The molecule has 0 aromatic heterocycles. The number of benzene rings is 2. The lowest BCUT2D eigenvalue weighted by molar-refractivity contribution is -0.122. The van der Waals surface area contributed by atoms with Crippen molar-refractivity contribution < 1.29 is 23.9 Å². The van der Waals surface area contributed by atoms with Crippen molar-refractivity contribution in [3.8, 4) is 11.5 Å². The maximum Gasteiger partial charge on any atom is 0.229 e. The van der Waals surface area contributed by atoms with E-state index in [2.05, 4.69) is 5.32 Å². The van der Waals surface area contributed by atoms with Crippen LogP contribution < -0.4 is 24.6 Å². The van der Waals surface area contributed by atoms with E-state index in [1.807, 2.05) is 18.2 Å². The summed E-state index contributed by atoms with van der Waals surface area (Å²) in [6, 6.07) is 12.6. The quantitative estimate of drug-likeness (QED) is 0.820. The van der Waals surface area contributed by atoms with Crippen molar-refractivity contribution in [1.82, 2.24) is 0 Å². The molecule has 160 valence electrons. The molecular formula is C23H23N3O5. The molecule has 8 heteroatoms. The molecule has 0 bridgehead atoms. The van der Waals surface area contributed by atoms with Crippen molar-refractivity contribution in [3.63, 3.8) is 0 Å². The van der Waals surface area contributed by atoms with E-state index in [-0.39, 0.29) is 24.1 Å². The highest BCUT2D eigenvalue weighted by Gasteiger charge is 2.35. The topological polar surface area (TPSA) is 88.2 Å². The van der Waals surface area contributed by atoms with Crippen LogP contribution in [0.3, 0.4) is 0 Å². The maximum atomic E-state index is 12.8. The molecular weight excluding hydrogens is 398 g/mol. The van der Waals surface area contributed by atoms with Gasteiger partial charge in [-0.1, -0.05) is 0 Å². The van der Waals surface area contributed by atoms with E-state index in [9.17, 15) is 14.4 Å². The Bertz CT molecular complexity index is 1040. The number of ether oxygens (including phenoxy) is 2. The number of hydrogen-bond acceptors (Lipinski definition) is 5. The predicted octanol–water partition coefficient (Wildman–Crippen LogP) is 2.58. The first-order valence-electron chi connectivity index (χ1n) is 10.5. The van der Waals surface area contributed by atoms with Crippen molar-refractivity contribution in [3.05, 3.63) is 42.5 Å². The minimum absolute atomic E-state index is 0.0975. The summed E-state index contributed by atoms with van der Waals surface area (Å²) in [7, 11) is 0. The lowest BCUT2D eigenvalue weighted by Gasteiger charge is -2.22. The van der Waals surface area contributed by atoms with Gasteiger partial charge in [0.2, 0.25) is 17.7 Å². The molecule has 3 aliphatic heterocycles. The molecule has 8 nitrogen and oxygen atoms in total. The van der Waals surface area contributed by atoms with Crippen LogP contribution in [0.25, 0.3) is 0 Å². The number of fused-ring (bicyclic) bond motifs is 1. The van der Waals surface area contributed by atoms with Crippen LogP contribution in [0.1, 0.15) is 19.3 Å². The van der Waals surface area contributed by atoms with E-state index in [0.29, 0.717) is 49.1 Å². The SMILES string of the molecule is O=C(Nc1ccc(N2CCCC2=O)cc1)[C@H]1CC(=O)N(c2ccc3c(c2)OCCO3)C1. The van der Waals surface area contributed by atoms with Gasteiger partial charge >= 0.3 is 0 Å². The van der Waals surface area contributed by atoms with Crippen LogP contribution in [-0.4, -0.2) is 44.0 Å². The summed E-state index contributed by atoms with van der Waals surface area (Å²) in [6.45, 7) is 2.02. The van der Waals surface area contributed by atoms with Gasteiger partial charge in [-0.2, -0.15) is 0 Å². The number of rotatable bonds is 4. The molecule has 5 rings (SSSR count). The second-order valence-corrected chi connectivity index (χ2v) is 7.92. The normalized spacial score (nSPS) is 20.3. The molecule has 2 fully saturated rings.